The number of allylic oxidation sites excluding steroid dienone is 1. The Labute approximate surface area is 224 Å². The number of benzene rings is 2. The summed E-state index contributed by atoms with van der Waals surface area (Å²) >= 11 is 6.34. The molecule has 2 N–H and O–H groups in total. The molecule has 1 aliphatic rings. The van der Waals surface area contributed by atoms with Crippen LogP contribution in [0.5, 0.6) is 0 Å². The Kier molecular flexibility index (Phi) is 6.52. The van der Waals surface area contributed by atoms with Gasteiger partial charge in [-0.3, -0.25) is 4.98 Å². The van der Waals surface area contributed by atoms with Crippen molar-refractivity contribution in [2.75, 3.05) is 5.32 Å². The molecule has 0 radical (unpaired) electrons. The number of anilines is 1. The Bertz CT molecular complexity index is 1590. The number of hydrogen-bond acceptors (Lipinski definition) is 5. The van der Waals surface area contributed by atoms with Gasteiger partial charge >= 0.3 is 0 Å². The Morgan fingerprint density at radius 2 is 1.87 bits per heavy atom. The van der Waals surface area contributed by atoms with Crippen LogP contribution in [0.4, 0.5) is 10.1 Å². The SMILES string of the molecule is C=C1CCCCC(c2ccc(-c3cc(Cl)ccc3-c3cnco3)cn2)c2ncc([nH]2)-c2cc(F)ccc2N1. The number of oxazole rings is 1. The first-order chi connectivity index (χ1) is 18.5. The average Bonchev–Trinajstić information content (AvgIpc) is 3.62. The summed E-state index contributed by atoms with van der Waals surface area (Å²) in [5.74, 6) is 1.12. The monoisotopic (exact) mass is 525 g/mol. The number of hydrogen-bond donors (Lipinski definition) is 2. The van der Waals surface area contributed by atoms with Gasteiger partial charge in [0, 0.05) is 39.3 Å². The van der Waals surface area contributed by atoms with E-state index in [-0.39, 0.29) is 11.7 Å². The van der Waals surface area contributed by atoms with E-state index in [4.69, 9.17) is 26.0 Å². The highest BCUT2D eigenvalue weighted by Crippen LogP contribution is 2.37. The van der Waals surface area contributed by atoms with Crippen LogP contribution >= 0.6 is 11.6 Å². The third-order valence-corrected chi connectivity index (χ3v) is 7.10. The standard InChI is InChI=1S/C30H25ClFN5O/c1-18-4-2-3-5-23(30-35-15-28(37-30)25-13-21(32)8-11-27(25)36-18)26-10-6-19(14-34-26)24-12-20(31)7-9-22(24)29-16-33-17-38-29/h6-17,23,36H,1-5H2,(H,35,37). The lowest BCUT2D eigenvalue weighted by Gasteiger charge is -2.18. The van der Waals surface area contributed by atoms with Crippen molar-refractivity contribution in [1.29, 1.82) is 0 Å². The van der Waals surface area contributed by atoms with Crippen LogP contribution in [0.25, 0.3) is 33.7 Å². The molecule has 0 saturated heterocycles. The van der Waals surface area contributed by atoms with Crippen molar-refractivity contribution in [2.45, 2.75) is 31.6 Å². The van der Waals surface area contributed by atoms with Gasteiger partial charge in [0.1, 0.15) is 11.6 Å². The van der Waals surface area contributed by atoms with Crippen molar-refractivity contribution in [3.63, 3.8) is 0 Å². The van der Waals surface area contributed by atoms with Gasteiger partial charge in [-0.25, -0.2) is 14.4 Å². The highest BCUT2D eigenvalue weighted by Gasteiger charge is 2.22. The number of rotatable bonds is 3. The first kappa shape index (κ1) is 24.1. The smallest absolute Gasteiger partial charge is 0.181 e. The largest absolute Gasteiger partial charge is 0.443 e. The predicted molar refractivity (Wildman–Crippen MR) is 147 cm³/mol. The summed E-state index contributed by atoms with van der Waals surface area (Å²) in [6.45, 7) is 4.17. The van der Waals surface area contributed by atoms with Gasteiger partial charge in [0.15, 0.2) is 12.2 Å². The van der Waals surface area contributed by atoms with Gasteiger partial charge in [0.25, 0.3) is 0 Å². The van der Waals surface area contributed by atoms with Gasteiger partial charge in [0.05, 0.1) is 29.7 Å². The molecule has 190 valence electrons. The van der Waals surface area contributed by atoms with Crippen molar-refractivity contribution < 1.29 is 8.81 Å². The molecule has 1 unspecified atom stereocenters. The van der Waals surface area contributed by atoms with E-state index in [0.29, 0.717) is 16.3 Å². The molecule has 1 aliphatic heterocycles. The summed E-state index contributed by atoms with van der Waals surface area (Å²) in [6.07, 6.45) is 10.3. The maximum Gasteiger partial charge on any atom is 0.181 e. The van der Waals surface area contributed by atoms with Crippen molar-refractivity contribution in [3.8, 4) is 33.7 Å². The van der Waals surface area contributed by atoms with E-state index in [2.05, 4.69) is 21.9 Å². The Hall–Kier alpha value is -4.23. The molecule has 4 heterocycles. The van der Waals surface area contributed by atoms with Crippen molar-refractivity contribution in [3.05, 3.63) is 108 Å². The van der Waals surface area contributed by atoms with Gasteiger partial charge in [-0.2, -0.15) is 0 Å². The fraction of sp³-hybridized carbons (Fsp3) is 0.167. The highest BCUT2D eigenvalue weighted by molar-refractivity contribution is 6.31. The molecule has 0 amide bonds. The Morgan fingerprint density at radius 3 is 2.68 bits per heavy atom. The van der Waals surface area contributed by atoms with Crippen LogP contribution in [0.3, 0.4) is 0 Å². The zero-order chi connectivity index (χ0) is 26.1. The molecule has 2 bridgehead atoms. The topological polar surface area (TPSA) is 79.6 Å². The Balaban J connectivity index is 1.37. The molecule has 6 nitrogen and oxygen atoms in total. The van der Waals surface area contributed by atoms with Crippen LogP contribution in [0.1, 0.15) is 43.1 Å². The Morgan fingerprint density at radius 1 is 0.947 bits per heavy atom. The number of H-pyrrole nitrogens is 1. The molecule has 1 atom stereocenters. The van der Waals surface area contributed by atoms with Gasteiger partial charge < -0.3 is 14.7 Å². The van der Waals surface area contributed by atoms with Gasteiger partial charge in [-0.05, 0) is 67.3 Å². The zero-order valence-electron chi connectivity index (χ0n) is 20.5. The summed E-state index contributed by atoms with van der Waals surface area (Å²) < 4.78 is 19.7. The molecule has 0 saturated carbocycles. The second kappa shape index (κ2) is 10.3. The molecule has 0 fully saturated rings. The second-order valence-electron chi connectivity index (χ2n) is 9.43. The van der Waals surface area contributed by atoms with Crippen LogP contribution in [0.2, 0.25) is 5.02 Å². The fourth-order valence-corrected chi connectivity index (χ4v) is 5.13. The minimum atomic E-state index is -0.307. The summed E-state index contributed by atoms with van der Waals surface area (Å²) in [5.41, 5.74) is 6.80. The molecular weight excluding hydrogens is 501 g/mol. The van der Waals surface area contributed by atoms with Gasteiger partial charge in [-0.15, -0.1) is 0 Å². The first-order valence-electron chi connectivity index (χ1n) is 12.5. The van der Waals surface area contributed by atoms with E-state index in [1.54, 1.807) is 18.5 Å². The molecule has 0 spiro atoms. The van der Waals surface area contributed by atoms with Crippen LogP contribution in [-0.2, 0) is 0 Å². The number of aromatic nitrogens is 4. The molecule has 5 aromatic rings. The molecule has 8 heteroatoms. The van der Waals surface area contributed by atoms with Crippen LogP contribution in [0, 0.1) is 5.82 Å². The van der Waals surface area contributed by atoms with Crippen LogP contribution in [-0.4, -0.2) is 19.9 Å². The average molecular weight is 526 g/mol. The normalized spacial score (nSPS) is 15.7. The van der Waals surface area contributed by atoms with Crippen LogP contribution in [0.15, 0.2) is 90.2 Å². The van der Waals surface area contributed by atoms with Gasteiger partial charge in [-0.1, -0.05) is 30.7 Å². The summed E-state index contributed by atoms with van der Waals surface area (Å²) in [4.78, 5) is 17.1. The minimum Gasteiger partial charge on any atom is -0.443 e. The van der Waals surface area contributed by atoms with Crippen molar-refractivity contribution >= 4 is 17.3 Å². The van der Waals surface area contributed by atoms with E-state index >= 15 is 0 Å². The second-order valence-corrected chi connectivity index (χ2v) is 9.86. The lowest BCUT2D eigenvalue weighted by atomic mass is 9.94. The molecule has 3 aromatic heterocycles. The molecule has 2 aromatic carbocycles. The summed E-state index contributed by atoms with van der Waals surface area (Å²) in [5, 5.41) is 3.97. The van der Waals surface area contributed by atoms with E-state index in [0.717, 1.165) is 71.0 Å². The molecular formula is C30H25ClFN5O. The number of nitrogens with zero attached hydrogens (tertiary/aromatic N) is 3. The number of halogens is 2. The van der Waals surface area contributed by atoms with E-state index in [1.165, 1.54) is 18.5 Å². The first-order valence-corrected chi connectivity index (χ1v) is 12.9. The van der Waals surface area contributed by atoms with Crippen LogP contribution < -0.4 is 5.32 Å². The number of nitrogens with one attached hydrogen (secondary N) is 2. The third kappa shape index (κ3) is 4.85. The highest BCUT2D eigenvalue weighted by atomic mass is 35.5. The van der Waals surface area contributed by atoms with E-state index < -0.39 is 0 Å². The fourth-order valence-electron chi connectivity index (χ4n) is 4.95. The molecule has 0 aliphatic carbocycles. The number of pyridine rings is 1. The lowest BCUT2D eigenvalue weighted by Crippen LogP contribution is -2.07. The minimum absolute atomic E-state index is 0.0384. The maximum atomic E-state index is 14.2. The lowest BCUT2D eigenvalue weighted by molar-refractivity contribution is 0.572. The third-order valence-electron chi connectivity index (χ3n) is 6.86. The quantitative estimate of drug-likeness (QED) is 0.248. The molecule has 38 heavy (non-hydrogen) atoms. The molecule has 6 rings (SSSR count). The maximum absolute atomic E-state index is 14.2. The van der Waals surface area contributed by atoms with E-state index in [1.807, 2.05) is 36.5 Å². The van der Waals surface area contributed by atoms with E-state index in [9.17, 15) is 4.39 Å². The summed E-state index contributed by atoms with van der Waals surface area (Å²) in [7, 11) is 0. The van der Waals surface area contributed by atoms with Crippen molar-refractivity contribution in [2.24, 2.45) is 0 Å². The number of aromatic amines is 1. The van der Waals surface area contributed by atoms with Crippen molar-refractivity contribution in [1.82, 2.24) is 19.9 Å². The number of fused-ring (bicyclic) bond motifs is 4. The predicted octanol–water partition coefficient (Wildman–Crippen LogP) is 8.22. The zero-order valence-corrected chi connectivity index (χ0v) is 21.3. The number of imidazole rings is 1. The summed E-state index contributed by atoms with van der Waals surface area (Å²) in [6, 6.07) is 14.4. The van der Waals surface area contributed by atoms with Gasteiger partial charge in [0.2, 0.25) is 0 Å².